The molecule has 0 aliphatic carbocycles. The van der Waals surface area contributed by atoms with Crippen molar-refractivity contribution >= 4 is 23.1 Å². The molecule has 6 heteroatoms. The van der Waals surface area contributed by atoms with Gasteiger partial charge in [0, 0.05) is 18.3 Å². The lowest BCUT2D eigenvalue weighted by atomic mass is 10.0. The number of anilines is 1. The number of methoxy groups -OCH3 is 1. The van der Waals surface area contributed by atoms with Crippen LogP contribution in [0.5, 0.6) is 11.5 Å². The molecule has 1 N–H and O–H groups in total. The Morgan fingerprint density at radius 2 is 1.71 bits per heavy atom. The molecule has 1 aliphatic heterocycles. The topological polar surface area (TPSA) is 67.9 Å². The Kier molecular flexibility index (Phi) is 5.99. The SMILES string of the molecule is CCCOc1ccc(C2=C(Nc3cccc(OC)c3)C(=O)N(CC)C2=O)cc1. The van der Waals surface area contributed by atoms with Crippen molar-refractivity contribution in [1.82, 2.24) is 4.90 Å². The van der Waals surface area contributed by atoms with Gasteiger partial charge in [0.1, 0.15) is 17.2 Å². The minimum Gasteiger partial charge on any atom is -0.497 e. The number of rotatable bonds is 8. The van der Waals surface area contributed by atoms with Gasteiger partial charge in [-0.2, -0.15) is 0 Å². The van der Waals surface area contributed by atoms with E-state index in [1.807, 2.05) is 37.3 Å². The van der Waals surface area contributed by atoms with Crippen molar-refractivity contribution in [2.75, 3.05) is 25.6 Å². The fourth-order valence-corrected chi connectivity index (χ4v) is 3.03. The Morgan fingerprint density at radius 1 is 0.964 bits per heavy atom. The molecule has 0 bridgehead atoms. The molecular formula is C22H24N2O4. The third-order valence-corrected chi connectivity index (χ3v) is 4.44. The highest BCUT2D eigenvalue weighted by Gasteiger charge is 2.38. The van der Waals surface area contributed by atoms with Crippen LogP contribution in [0.4, 0.5) is 5.69 Å². The summed E-state index contributed by atoms with van der Waals surface area (Å²) in [7, 11) is 1.58. The van der Waals surface area contributed by atoms with Crippen LogP contribution in [0.3, 0.4) is 0 Å². The number of hydrogen-bond donors (Lipinski definition) is 1. The second-order valence-corrected chi connectivity index (χ2v) is 6.33. The number of nitrogens with zero attached hydrogens (tertiary/aromatic N) is 1. The highest BCUT2D eigenvalue weighted by atomic mass is 16.5. The number of imide groups is 1. The standard InChI is InChI=1S/C22H24N2O4/c1-4-13-28-17-11-9-15(10-12-17)19-20(22(26)24(5-2)21(19)25)23-16-7-6-8-18(14-16)27-3/h6-12,14,23H,4-5,13H2,1-3H3. The normalized spacial score (nSPS) is 13.9. The zero-order valence-corrected chi connectivity index (χ0v) is 16.3. The van der Waals surface area contributed by atoms with Gasteiger partial charge in [-0.15, -0.1) is 0 Å². The van der Waals surface area contributed by atoms with E-state index in [1.165, 1.54) is 4.90 Å². The molecule has 0 saturated carbocycles. The Hall–Kier alpha value is -3.28. The van der Waals surface area contributed by atoms with Crippen LogP contribution in [0.25, 0.3) is 5.57 Å². The summed E-state index contributed by atoms with van der Waals surface area (Å²) in [5.74, 6) is 0.753. The van der Waals surface area contributed by atoms with Crippen LogP contribution in [0, 0.1) is 0 Å². The molecule has 0 unspecified atom stereocenters. The minimum absolute atomic E-state index is 0.266. The Morgan fingerprint density at radius 3 is 2.36 bits per heavy atom. The Labute approximate surface area is 164 Å². The molecule has 0 fully saturated rings. The van der Waals surface area contributed by atoms with Crippen molar-refractivity contribution in [3.63, 3.8) is 0 Å². The zero-order chi connectivity index (χ0) is 20.1. The van der Waals surface area contributed by atoms with E-state index >= 15 is 0 Å². The summed E-state index contributed by atoms with van der Waals surface area (Å²) in [4.78, 5) is 26.9. The van der Waals surface area contributed by atoms with Gasteiger partial charge in [0.15, 0.2) is 0 Å². The molecule has 0 saturated heterocycles. The first-order valence-electron chi connectivity index (χ1n) is 9.33. The monoisotopic (exact) mass is 380 g/mol. The van der Waals surface area contributed by atoms with Crippen LogP contribution in [0.1, 0.15) is 25.8 Å². The number of likely N-dealkylation sites (N-methyl/N-ethyl adjacent to an activating group) is 1. The smallest absolute Gasteiger partial charge is 0.278 e. The summed E-state index contributed by atoms with van der Waals surface area (Å²) in [6.45, 7) is 4.76. The summed E-state index contributed by atoms with van der Waals surface area (Å²) >= 11 is 0. The molecule has 0 spiro atoms. The van der Waals surface area contributed by atoms with Gasteiger partial charge in [0.25, 0.3) is 11.8 Å². The predicted molar refractivity (Wildman–Crippen MR) is 108 cm³/mol. The first-order valence-corrected chi connectivity index (χ1v) is 9.33. The number of amides is 2. The van der Waals surface area contributed by atoms with Crippen LogP contribution < -0.4 is 14.8 Å². The molecule has 6 nitrogen and oxygen atoms in total. The lowest BCUT2D eigenvalue weighted by Crippen LogP contribution is -2.32. The first kappa shape index (κ1) is 19.5. The average Bonchev–Trinajstić information content (AvgIpc) is 2.96. The third-order valence-electron chi connectivity index (χ3n) is 4.44. The van der Waals surface area contributed by atoms with Crippen LogP contribution in [0.15, 0.2) is 54.2 Å². The fraction of sp³-hybridized carbons (Fsp3) is 0.273. The molecular weight excluding hydrogens is 356 g/mol. The number of carbonyl (C=O) groups is 2. The molecule has 2 aromatic rings. The van der Waals surface area contributed by atoms with E-state index in [-0.39, 0.29) is 17.5 Å². The maximum absolute atomic E-state index is 12.9. The van der Waals surface area contributed by atoms with Crippen LogP contribution in [0.2, 0.25) is 0 Å². The molecule has 1 heterocycles. The molecule has 2 aromatic carbocycles. The van der Waals surface area contributed by atoms with Gasteiger partial charge in [-0.3, -0.25) is 14.5 Å². The second-order valence-electron chi connectivity index (χ2n) is 6.33. The van der Waals surface area contributed by atoms with Gasteiger partial charge >= 0.3 is 0 Å². The molecule has 0 aromatic heterocycles. The summed E-state index contributed by atoms with van der Waals surface area (Å²) in [5.41, 5.74) is 1.97. The van der Waals surface area contributed by atoms with Crippen LogP contribution >= 0.6 is 0 Å². The van der Waals surface area contributed by atoms with Crippen LogP contribution in [-0.2, 0) is 9.59 Å². The quantitative estimate of drug-likeness (QED) is 0.708. The van der Waals surface area contributed by atoms with Crippen molar-refractivity contribution in [2.45, 2.75) is 20.3 Å². The van der Waals surface area contributed by atoms with E-state index in [0.29, 0.717) is 35.7 Å². The highest BCUT2D eigenvalue weighted by Crippen LogP contribution is 2.31. The largest absolute Gasteiger partial charge is 0.497 e. The van der Waals surface area contributed by atoms with Gasteiger partial charge < -0.3 is 14.8 Å². The van der Waals surface area contributed by atoms with E-state index in [0.717, 1.165) is 12.2 Å². The number of carbonyl (C=O) groups excluding carboxylic acids is 2. The first-order chi connectivity index (χ1) is 13.6. The zero-order valence-electron chi connectivity index (χ0n) is 16.3. The average molecular weight is 380 g/mol. The van der Waals surface area contributed by atoms with Gasteiger partial charge in [-0.25, -0.2) is 0 Å². The lowest BCUT2D eigenvalue weighted by Gasteiger charge is -2.12. The van der Waals surface area contributed by atoms with Gasteiger partial charge in [0.05, 0.1) is 19.3 Å². The van der Waals surface area contributed by atoms with E-state index < -0.39 is 0 Å². The summed E-state index contributed by atoms with van der Waals surface area (Å²) in [6, 6.07) is 14.5. The van der Waals surface area contributed by atoms with Crippen molar-refractivity contribution in [2.24, 2.45) is 0 Å². The lowest BCUT2D eigenvalue weighted by molar-refractivity contribution is -0.136. The molecule has 146 valence electrons. The number of nitrogens with one attached hydrogen (secondary N) is 1. The van der Waals surface area contributed by atoms with Crippen LogP contribution in [-0.4, -0.2) is 37.0 Å². The number of ether oxygens (including phenoxy) is 2. The fourth-order valence-electron chi connectivity index (χ4n) is 3.03. The predicted octanol–water partition coefficient (Wildman–Crippen LogP) is 3.70. The molecule has 1 aliphatic rings. The summed E-state index contributed by atoms with van der Waals surface area (Å²) < 4.78 is 10.8. The van der Waals surface area contributed by atoms with E-state index in [1.54, 1.807) is 32.2 Å². The van der Waals surface area contributed by atoms with Gasteiger partial charge in [-0.05, 0) is 43.2 Å². The van der Waals surface area contributed by atoms with E-state index in [2.05, 4.69) is 5.32 Å². The summed E-state index contributed by atoms with van der Waals surface area (Å²) in [6.07, 6.45) is 0.917. The minimum atomic E-state index is -0.336. The molecule has 0 radical (unpaired) electrons. The maximum atomic E-state index is 12.9. The third kappa shape index (κ3) is 3.86. The summed E-state index contributed by atoms with van der Waals surface area (Å²) in [5, 5.41) is 3.11. The van der Waals surface area contributed by atoms with Crippen molar-refractivity contribution in [3.8, 4) is 11.5 Å². The molecule has 3 rings (SSSR count). The highest BCUT2D eigenvalue weighted by molar-refractivity contribution is 6.36. The maximum Gasteiger partial charge on any atom is 0.278 e. The molecule has 0 atom stereocenters. The molecule has 2 amide bonds. The van der Waals surface area contributed by atoms with Crippen molar-refractivity contribution < 1.29 is 19.1 Å². The van der Waals surface area contributed by atoms with Gasteiger partial charge in [-0.1, -0.05) is 25.1 Å². The van der Waals surface area contributed by atoms with Gasteiger partial charge in [0.2, 0.25) is 0 Å². The Balaban J connectivity index is 1.98. The van der Waals surface area contributed by atoms with E-state index in [9.17, 15) is 9.59 Å². The second kappa shape index (κ2) is 8.61. The van der Waals surface area contributed by atoms with E-state index in [4.69, 9.17) is 9.47 Å². The Bertz CT molecular complexity index is 903. The number of hydrogen-bond acceptors (Lipinski definition) is 5. The number of benzene rings is 2. The van der Waals surface area contributed by atoms with Crippen molar-refractivity contribution in [1.29, 1.82) is 0 Å². The molecule has 28 heavy (non-hydrogen) atoms. The van der Waals surface area contributed by atoms with Crippen molar-refractivity contribution in [3.05, 3.63) is 59.8 Å².